The third kappa shape index (κ3) is 3.26. The van der Waals surface area contributed by atoms with Gasteiger partial charge in [-0.25, -0.2) is 13.4 Å². The van der Waals surface area contributed by atoms with E-state index < -0.39 is 16.1 Å². The minimum Gasteiger partial charge on any atom is -0.369 e. The van der Waals surface area contributed by atoms with E-state index in [1.165, 1.54) is 10.4 Å². The van der Waals surface area contributed by atoms with E-state index in [0.717, 1.165) is 0 Å². The van der Waals surface area contributed by atoms with Crippen LogP contribution in [0.3, 0.4) is 0 Å². The van der Waals surface area contributed by atoms with Crippen LogP contribution in [0.5, 0.6) is 0 Å². The number of hydrogen-bond donors (Lipinski definition) is 1. The summed E-state index contributed by atoms with van der Waals surface area (Å²) in [5.74, 6) is 0.472. The second-order valence-corrected chi connectivity index (χ2v) is 7.65. The molecule has 1 aliphatic rings. The summed E-state index contributed by atoms with van der Waals surface area (Å²) in [5.41, 5.74) is 0.867. The molecule has 1 aromatic carbocycles. The molecule has 128 valence electrons. The smallest absolute Gasteiger partial charge is 0.251 e. The Balaban J connectivity index is 1.91. The van der Waals surface area contributed by atoms with Crippen LogP contribution in [0.4, 0.5) is 0 Å². The average Bonchev–Trinajstić information content (AvgIpc) is 2.54. The summed E-state index contributed by atoms with van der Waals surface area (Å²) in [6.07, 6.45) is -0.557. The van der Waals surface area contributed by atoms with Crippen LogP contribution in [0.15, 0.2) is 40.0 Å². The lowest BCUT2D eigenvalue weighted by Gasteiger charge is -2.32. The second kappa shape index (κ2) is 6.46. The molecule has 1 aromatic heterocycles. The Morgan fingerprint density at radius 1 is 1.29 bits per heavy atom. The lowest BCUT2D eigenvalue weighted by molar-refractivity contribution is -0.00516. The normalized spacial score (nSPS) is 19.3. The molecule has 3 rings (SSSR count). The predicted octanol–water partition coefficient (Wildman–Crippen LogP) is 1.15. The fourth-order valence-electron chi connectivity index (χ4n) is 2.78. The molecular weight excluding hydrogens is 330 g/mol. The monoisotopic (exact) mass is 349 g/mol. The Morgan fingerprint density at radius 2 is 2.04 bits per heavy atom. The van der Waals surface area contributed by atoms with Gasteiger partial charge in [-0.05, 0) is 25.5 Å². The number of aryl methyl sites for hydroxylation is 2. The van der Waals surface area contributed by atoms with E-state index in [0.29, 0.717) is 22.0 Å². The van der Waals surface area contributed by atoms with Gasteiger partial charge >= 0.3 is 0 Å². The van der Waals surface area contributed by atoms with Gasteiger partial charge in [0.15, 0.2) is 0 Å². The highest BCUT2D eigenvalue weighted by Gasteiger charge is 2.33. The fraction of sp³-hybridized carbons (Fsp3) is 0.375. The average molecular weight is 349 g/mol. The van der Waals surface area contributed by atoms with Gasteiger partial charge in [0.1, 0.15) is 11.9 Å². The van der Waals surface area contributed by atoms with Crippen molar-refractivity contribution in [2.75, 3.05) is 19.7 Å². The largest absolute Gasteiger partial charge is 0.369 e. The minimum atomic E-state index is -3.61. The van der Waals surface area contributed by atoms with Crippen molar-refractivity contribution in [2.24, 2.45) is 0 Å². The van der Waals surface area contributed by atoms with Gasteiger partial charge in [-0.2, -0.15) is 4.31 Å². The number of nitrogens with zero attached hydrogens (tertiary/aromatic N) is 2. The van der Waals surface area contributed by atoms with E-state index in [-0.39, 0.29) is 25.3 Å². The first-order chi connectivity index (χ1) is 11.4. The minimum absolute atomic E-state index is 0.132. The topological polar surface area (TPSA) is 92.4 Å². The molecule has 0 saturated carbocycles. The van der Waals surface area contributed by atoms with Crippen molar-refractivity contribution >= 4 is 10.0 Å². The number of rotatable bonds is 3. The zero-order valence-corrected chi connectivity index (χ0v) is 14.3. The molecule has 2 heterocycles. The molecule has 7 nitrogen and oxygen atoms in total. The number of aromatic nitrogens is 2. The molecule has 1 fully saturated rings. The van der Waals surface area contributed by atoms with Crippen LogP contribution >= 0.6 is 0 Å². The van der Waals surface area contributed by atoms with Gasteiger partial charge in [0.2, 0.25) is 10.0 Å². The zero-order chi connectivity index (χ0) is 17.3. The Labute approximate surface area is 140 Å². The molecular formula is C16H19N3O4S. The highest BCUT2D eigenvalue weighted by atomic mass is 32.2. The van der Waals surface area contributed by atoms with E-state index in [2.05, 4.69) is 9.97 Å². The molecule has 2 aromatic rings. The van der Waals surface area contributed by atoms with Gasteiger partial charge in [0, 0.05) is 19.2 Å². The summed E-state index contributed by atoms with van der Waals surface area (Å²) >= 11 is 0. The van der Waals surface area contributed by atoms with E-state index in [1.807, 2.05) is 0 Å². The number of nitrogens with one attached hydrogen (secondary N) is 1. The summed E-state index contributed by atoms with van der Waals surface area (Å²) < 4.78 is 32.8. The first-order valence-corrected chi connectivity index (χ1v) is 9.07. The van der Waals surface area contributed by atoms with Gasteiger partial charge in [0.05, 0.1) is 17.2 Å². The van der Waals surface area contributed by atoms with Crippen molar-refractivity contribution in [3.05, 3.63) is 57.8 Å². The number of hydrogen-bond acceptors (Lipinski definition) is 5. The van der Waals surface area contributed by atoms with Crippen molar-refractivity contribution in [3.63, 3.8) is 0 Å². The molecule has 0 amide bonds. The van der Waals surface area contributed by atoms with Gasteiger partial charge < -0.3 is 9.72 Å². The van der Waals surface area contributed by atoms with Crippen LogP contribution in [0, 0.1) is 13.8 Å². The Bertz CT molecular complexity index is 908. The van der Waals surface area contributed by atoms with Gasteiger partial charge in [-0.15, -0.1) is 0 Å². The maximum Gasteiger partial charge on any atom is 0.251 e. The van der Waals surface area contributed by atoms with Crippen LogP contribution in [0.25, 0.3) is 0 Å². The third-order valence-corrected chi connectivity index (χ3v) is 5.98. The van der Waals surface area contributed by atoms with Crippen LogP contribution in [0.1, 0.15) is 23.2 Å². The number of morpholine rings is 1. The summed E-state index contributed by atoms with van der Waals surface area (Å²) in [6, 6.07) is 8.23. The van der Waals surface area contributed by atoms with Gasteiger partial charge in [-0.1, -0.05) is 18.2 Å². The number of benzene rings is 1. The molecule has 1 N–H and O–H groups in total. The molecule has 0 bridgehead atoms. The highest BCUT2D eigenvalue weighted by Crippen LogP contribution is 2.26. The quantitative estimate of drug-likeness (QED) is 0.897. The lowest BCUT2D eigenvalue weighted by Crippen LogP contribution is -2.42. The third-order valence-electron chi connectivity index (χ3n) is 3.95. The second-order valence-electron chi connectivity index (χ2n) is 5.74. The predicted molar refractivity (Wildman–Crippen MR) is 88.2 cm³/mol. The number of aromatic amines is 1. The van der Waals surface area contributed by atoms with Crippen molar-refractivity contribution in [1.82, 2.24) is 14.3 Å². The number of sulfonamides is 1. The zero-order valence-electron chi connectivity index (χ0n) is 13.5. The molecule has 1 saturated heterocycles. The van der Waals surface area contributed by atoms with Crippen LogP contribution in [0.2, 0.25) is 0 Å². The van der Waals surface area contributed by atoms with E-state index in [1.54, 1.807) is 38.1 Å². The van der Waals surface area contributed by atoms with Crippen molar-refractivity contribution in [3.8, 4) is 0 Å². The van der Waals surface area contributed by atoms with Crippen molar-refractivity contribution in [2.45, 2.75) is 24.8 Å². The molecule has 0 radical (unpaired) electrons. The molecule has 1 unspecified atom stereocenters. The summed E-state index contributed by atoms with van der Waals surface area (Å²) in [6.45, 7) is 4.10. The fourth-order valence-corrected chi connectivity index (χ4v) is 4.43. The maximum absolute atomic E-state index is 12.9. The molecule has 24 heavy (non-hydrogen) atoms. The highest BCUT2D eigenvalue weighted by molar-refractivity contribution is 7.89. The van der Waals surface area contributed by atoms with Gasteiger partial charge in [-0.3, -0.25) is 4.79 Å². The van der Waals surface area contributed by atoms with Crippen LogP contribution < -0.4 is 5.56 Å². The number of H-pyrrole nitrogens is 1. The van der Waals surface area contributed by atoms with Crippen molar-refractivity contribution in [1.29, 1.82) is 0 Å². The van der Waals surface area contributed by atoms with Crippen molar-refractivity contribution < 1.29 is 13.2 Å². The Hall–Kier alpha value is -2.03. The summed E-state index contributed by atoms with van der Waals surface area (Å²) in [5, 5.41) is 0. The van der Waals surface area contributed by atoms with Crippen LogP contribution in [-0.2, 0) is 14.8 Å². The Kier molecular flexibility index (Phi) is 4.53. The standard InChI is InChI=1S/C16H19N3O4S/c1-11-5-3-4-6-15(11)24(21,22)19-7-8-23-14(10-19)13-9-16(20)18-12(2)17-13/h3-6,9,14H,7-8,10H2,1-2H3,(H,17,18,20). The molecule has 0 spiro atoms. The maximum atomic E-state index is 12.9. The summed E-state index contributed by atoms with van der Waals surface area (Å²) in [7, 11) is -3.61. The molecule has 0 aliphatic carbocycles. The van der Waals surface area contributed by atoms with E-state index in [9.17, 15) is 13.2 Å². The van der Waals surface area contributed by atoms with E-state index in [4.69, 9.17) is 4.74 Å². The van der Waals surface area contributed by atoms with E-state index >= 15 is 0 Å². The SMILES string of the molecule is Cc1nc(C2CN(S(=O)(=O)c3ccccc3C)CCO2)cc(=O)[nH]1. The summed E-state index contributed by atoms with van der Waals surface area (Å²) in [4.78, 5) is 18.7. The van der Waals surface area contributed by atoms with Crippen LogP contribution in [-0.4, -0.2) is 42.4 Å². The molecule has 1 atom stereocenters. The molecule has 1 aliphatic heterocycles. The Morgan fingerprint density at radius 3 is 2.75 bits per heavy atom. The lowest BCUT2D eigenvalue weighted by atomic mass is 10.2. The van der Waals surface area contributed by atoms with Gasteiger partial charge in [0.25, 0.3) is 5.56 Å². The molecule has 8 heteroatoms. The first kappa shape index (κ1) is 16.8. The first-order valence-electron chi connectivity index (χ1n) is 7.63. The number of ether oxygens (including phenoxy) is 1.